The van der Waals surface area contributed by atoms with Gasteiger partial charge in [-0.2, -0.15) is 0 Å². The number of nitrogens with zero attached hydrogens (tertiary/aromatic N) is 2. The van der Waals surface area contributed by atoms with E-state index >= 15 is 0 Å². The van der Waals surface area contributed by atoms with Crippen molar-refractivity contribution < 1.29 is 4.79 Å². The molecule has 0 spiro atoms. The van der Waals surface area contributed by atoms with Gasteiger partial charge in [0.1, 0.15) is 0 Å². The lowest BCUT2D eigenvalue weighted by atomic mass is 9.85. The Morgan fingerprint density at radius 1 is 1.03 bits per heavy atom. The van der Waals surface area contributed by atoms with Crippen molar-refractivity contribution in [2.24, 2.45) is 5.41 Å². The summed E-state index contributed by atoms with van der Waals surface area (Å²) in [5.74, 6) is 0.120. The molecule has 0 aliphatic carbocycles. The molecule has 4 nitrogen and oxygen atoms in total. The highest BCUT2D eigenvalue weighted by molar-refractivity contribution is 6.31. The fraction of sp³-hybridized carbons (Fsp3) is 0.567. The van der Waals surface area contributed by atoms with Crippen LogP contribution in [0, 0.1) is 12.3 Å². The van der Waals surface area contributed by atoms with E-state index in [1.165, 1.54) is 42.6 Å². The number of carbonyl (C=O) groups excluding carboxylic acids is 1. The van der Waals surface area contributed by atoms with Crippen molar-refractivity contribution in [3.05, 3.63) is 58.6 Å². The van der Waals surface area contributed by atoms with Gasteiger partial charge in [-0.15, -0.1) is 0 Å². The van der Waals surface area contributed by atoms with E-state index < -0.39 is 0 Å². The Morgan fingerprint density at radius 2 is 1.77 bits per heavy atom. The van der Waals surface area contributed by atoms with Crippen LogP contribution in [0.5, 0.6) is 0 Å². The van der Waals surface area contributed by atoms with Crippen molar-refractivity contribution in [2.75, 3.05) is 42.9 Å². The Labute approximate surface area is 218 Å². The molecular weight excluding hydrogens is 454 g/mol. The molecule has 0 aromatic heterocycles. The number of hydrogen-bond donors (Lipinski definition) is 1. The van der Waals surface area contributed by atoms with Gasteiger partial charge >= 0.3 is 0 Å². The molecule has 1 aliphatic rings. The minimum absolute atomic E-state index is 0.120. The smallest absolute Gasteiger partial charge is 0.224 e. The lowest BCUT2D eigenvalue weighted by Gasteiger charge is -2.37. The summed E-state index contributed by atoms with van der Waals surface area (Å²) in [7, 11) is 0. The number of hydrogen-bond acceptors (Lipinski definition) is 3. The minimum atomic E-state index is 0.120. The molecule has 1 heterocycles. The number of carbonyl (C=O) groups is 1. The molecule has 2 aromatic rings. The number of nitrogens with one attached hydrogen (secondary N) is 1. The summed E-state index contributed by atoms with van der Waals surface area (Å²) in [5, 5.41) is 3.94. The first-order valence-corrected chi connectivity index (χ1v) is 13.8. The van der Waals surface area contributed by atoms with Gasteiger partial charge in [-0.1, -0.05) is 63.4 Å². The molecule has 1 aliphatic heterocycles. The second-order valence-electron chi connectivity index (χ2n) is 10.8. The summed E-state index contributed by atoms with van der Waals surface area (Å²) >= 11 is 6.31. The second-order valence-corrected chi connectivity index (χ2v) is 11.2. The van der Waals surface area contributed by atoms with E-state index in [2.05, 4.69) is 73.1 Å². The summed E-state index contributed by atoms with van der Waals surface area (Å²) in [5.41, 5.74) is 4.92. The highest BCUT2D eigenvalue weighted by Gasteiger charge is 2.19. The molecule has 1 fully saturated rings. The summed E-state index contributed by atoms with van der Waals surface area (Å²) in [6.07, 6.45) is 7.31. The van der Waals surface area contributed by atoms with E-state index in [1.54, 1.807) is 0 Å². The van der Waals surface area contributed by atoms with Gasteiger partial charge in [0.15, 0.2) is 0 Å². The predicted molar refractivity (Wildman–Crippen MR) is 151 cm³/mol. The van der Waals surface area contributed by atoms with E-state index in [1.807, 2.05) is 12.1 Å². The van der Waals surface area contributed by atoms with E-state index in [0.717, 1.165) is 56.2 Å². The molecule has 0 radical (unpaired) electrons. The third kappa shape index (κ3) is 8.84. The van der Waals surface area contributed by atoms with E-state index in [0.29, 0.717) is 6.42 Å². The topological polar surface area (TPSA) is 35.6 Å². The van der Waals surface area contributed by atoms with Crippen molar-refractivity contribution in [1.29, 1.82) is 0 Å². The first-order valence-electron chi connectivity index (χ1n) is 13.4. The third-order valence-corrected chi connectivity index (χ3v) is 8.00. The normalized spacial score (nSPS) is 14.8. The Kier molecular flexibility index (Phi) is 10.5. The van der Waals surface area contributed by atoms with Crippen LogP contribution >= 0.6 is 11.6 Å². The first kappa shape index (κ1) is 27.5. The molecule has 0 atom stereocenters. The van der Waals surface area contributed by atoms with Gasteiger partial charge < -0.3 is 10.2 Å². The highest BCUT2D eigenvalue weighted by atomic mass is 35.5. The van der Waals surface area contributed by atoms with Gasteiger partial charge in [0, 0.05) is 49.0 Å². The van der Waals surface area contributed by atoms with Gasteiger partial charge in [0.05, 0.1) is 0 Å². The van der Waals surface area contributed by atoms with Crippen LogP contribution in [0.1, 0.15) is 70.4 Å². The molecule has 35 heavy (non-hydrogen) atoms. The summed E-state index contributed by atoms with van der Waals surface area (Å²) in [6, 6.07) is 14.6. The van der Waals surface area contributed by atoms with E-state index in [-0.39, 0.29) is 11.3 Å². The zero-order chi connectivity index (χ0) is 25.3. The number of benzene rings is 2. The lowest BCUT2D eigenvalue weighted by molar-refractivity contribution is -0.116. The molecule has 5 heteroatoms. The number of aryl methyl sites for hydroxylation is 1. The van der Waals surface area contributed by atoms with Crippen LogP contribution < -0.4 is 10.2 Å². The molecular formula is C30H44ClN3O. The Morgan fingerprint density at radius 3 is 2.51 bits per heavy atom. The minimum Gasteiger partial charge on any atom is -0.369 e. The summed E-state index contributed by atoms with van der Waals surface area (Å²) in [4.78, 5) is 17.4. The monoisotopic (exact) mass is 497 g/mol. The second kappa shape index (κ2) is 13.3. The van der Waals surface area contributed by atoms with E-state index in [9.17, 15) is 4.79 Å². The Balaban J connectivity index is 1.32. The van der Waals surface area contributed by atoms with Crippen LogP contribution in [-0.2, 0) is 11.2 Å². The fourth-order valence-electron chi connectivity index (χ4n) is 4.65. The van der Waals surface area contributed by atoms with Gasteiger partial charge in [0.25, 0.3) is 0 Å². The standard InChI is InChI=1S/C30H44ClN3O/c1-5-30(3,4)17-16-29(35)32-26-13-9-12-25(23-26)11-7-6-8-18-33-19-21-34(22-20-33)28-15-10-14-27(31)24(28)2/h9-10,12-15,23H,5-8,11,16-22H2,1-4H3,(H,32,35). The number of unbranched alkanes of at least 4 members (excludes halogenated alkanes) is 2. The number of rotatable bonds is 12. The molecule has 0 bridgehead atoms. The maximum Gasteiger partial charge on any atom is 0.224 e. The van der Waals surface area contributed by atoms with Gasteiger partial charge in [-0.25, -0.2) is 0 Å². The van der Waals surface area contributed by atoms with Crippen LogP contribution in [0.4, 0.5) is 11.4 Å². The zero-order valence-electron chi connectivity index (χ0n) is 22.2. The maximum atomic E-state index is 12.3. The third-order valence-electron chi connectivity index (χ3n) is 7.59. The number of amides is 1. The van der Waals surface area contributed by atoms with E-state index in [4.69, 9.17) is 11.6 Å². The summed E-state index contributed by atoms with van der Waals surface area (Å²) < 4.78 is 0. The molecule has 192 valence electrons. The lowest BCUT2D eigenvalue weighted by Crippen LogP contribution is -2.46. The van der Waals surface area contributed by atoms with Crippen LogP contribution in [0.3, 0.4) is 0 Å². The largest absolute Gasteiger partial charge is 0.369 e. The summed E-state index contributed by atoms with van der Waals surface area (Å²) in [6.45, 7) is 14.3. The van der Waals surface area contributed by atoms with Gasteiger partial charge in [-0.05, 0) is 80.0 Å². The molecule has 1 saturated heterocycles. The van der Waals surface area contributed by atoms with Gasteiger partial charge in [0.2, 0.25) is 5.91 Å². The zero-order valence-corrected chi connectivity index (χ0v) is 23.0. The van der Waals surface area contributed by atoms with Crippen molar-refractivity contribution in [3.63, 3.8) is 0 Å². The van der Waals surface area contributed by atoms with Crippen molar-refractivity contribution >= 4 is 28.9 Å². The highest BCUT2D eigenvalue weighted by Crippen LogP contribution is 2.28. The predicted octanol–water partition coefficient (Wildman–Crippen LogP) is 7.34. The molecule has 2 aromatic carbocycles. The average Bonchev–Trinajstić information content (AvgIpc) is 2.85. The maximum absolute atomic E-state index is 12.3. The SMILES string of the molecule is CCC(C)(C)CCC(=O)Nc1cccc(CCCCCN2CCN(c3cccc(Cl)c3C)CC2)c1. The molecule has 0 unspecified atom stereocenters. The van der Waals surface area contributed by atoms with Crippen LogP contribution in [0.2, 0.25) is 5.02 Å². The Bertz CT molecular complexity index is 950. The van der Waals surface area contributed by atoms with Crippen LogP contribution in [0.25, 0.3) is 0 Å². The van der Waals surface area contributed by atoms with Gasteiger partial charge in [-0.3, -0.25) is 9.69 Å². The number of piperazine rings is 1. The number of halogens is 1. The van der Waals surface area contributed by atoms with Crippen molar-refractivity contribution in [3.8, 4) is 0 Å². The van der Waals surface area contributed by atoms with Crippen LogP contribution in [0.15, 0.2) is 42.5 Å². The fourth-order valence-corrected chi connectivity index (χ4v) is 4.82. The molecule has 1 amide bonds. The van der Waals surface area contributed by atoms with Crippen LogP contribution in [-0.4, -0.2) is 43.5 Å². The molecule has 1 N–H and O–H groups in total. The van der Waals surface area contributed by atoms with Crippen molar-refractivity contribution in [1.82, 2.24) is 4.90 Å². The van der Waals surface area contributed by atoms with Crippen molar-refractivity contribution in [2.45, 2.75) is 72.6 Å². The molecule has 0 saturated carbocycles. The Hall–Kier alpha value is -2.04. The quantitative estimate of drug-likeness (QED) is 0.311. The number of anilines is 2. The first-order chi connectivity index (χ1) is 16.8. The average molecular weight is 498 g/mol. The molecule has 3 rings (SSSR count).